The van der Waals surface area contributed by atoms with E-state index in [4.69, 9.17) is 0 Å². The summed E-state index contributed by atoms with van der Waals surface area (Å²) in [6.07, 6.45) is 4.09. The number of benzene rings is 1. The molecule has 1 aromatic carbocycles. The molecule has 3 heterocycles. The Labute approximate surface area is 156 Å². The van der Waals surface area contributed by atoms with Crippen LogP contribution < -0.4 is 9.80 Å². The molecule has 6 nitrogen and oxygen atoms in total. The number of rotatable bonds is 3. The first-order valence-electron chi connectivity index (χ1n) is 9.19. The van der Waals surface area contributed by atoms with Crippen LogP contribution in [0, 0.1) is 11.6 Å². The maximum Gasteiger partial charge on any atom is 0.256 e. The molecular formula is C19H21F2N5O. The van der Waals surface area contributed by atoms with Crippen molar-refractivity contribution < 1.29 is 13.6 Å². The van der Waals surface area contributed by atoms with Crippen molar-refractivity contribution in [2.24, 2.45) is 0 Å². The molecule has 8 heteroatoms. The van der Waals surface area contributed by atoms with Crippen LogP contribution in [0.5, 0.6) is 0 Å². The molecular weight excluding hydrogens is 352 g/mol. The lowest BCUT2D eigenvalue weighted by atomic mass is 10.1. The van der Waals surface area contributed by atoms with Gasteiger partial charge in [-0.2, -0.15) is 4.98 Å². The molecule has 0 bridgehead atoms. The number of aromatic nitrogens is 2. The fraction of sp³-hybridized carbons (Fsp3) is 0.421. The monoisotopic (exact) mass is 373 g/mol. The molecule has 0 aliphatic carbocycles. The molecule has 0 atom stereocenters. The third kappa shape index (κ3) is 3.70. The van der Waals surface area contributed by atoms with E-state index in [-0.39, 0.29) is 5.56 Å². The molecule has 0 radical (unpaired) electrons. The molecule has 0 saturated carbocycles. The zero-order valence-corrected chi connectivity index (χ0v) is 14.9. The van der Waals surface area contributed by atoms with Gasteiger partial charge in [-0.25, -0.2) is 13.8 Å². The fourth-order valence-electron chi connectivity index (χ4n) is 3.56. The summed E-state index contributed by atoms with van der Waals surface area (Å²) in [7, 11) is 0. The van der Waals surface area contributed by atoms with Crippen LogP contribution >= 0.6 is 0 Å². The van der Waals surface area contributed by atoms with Gasteiger partial charge in [0.2, 0.25) is 5.95 Å². The van der Waals surface area contributed by atoms with Crippen LogP contribution in [0.1, 0.15) is 23.2 Å². The third-order valence-electron chi connectivity index (χ3n) is 5.07. The minimum absolute atomic E-state index is 0.0943. The summed E-state index contributed by atoms with van der Waals surface area (Å²) in [5.74, 6) is -0.337. The SMILES string of the molecule is O=C(c1ccc(F)cc1F)N1CCN(c2ccnc(N3CCCC3)n2)CC1. The summed E-state index contributed by atoms with van der Waals surface area (Å²) in [6, 6.07) is 4.92. The zero-order chi connectivity index (χ0) is 18.8. The van der Waals surface area contributed by atoms with Gasteiger partial charge >= 0.3 is 0 Å². The number of hydrogen-bond acceptors (Lipinski definition) is 5. The molecule has 2 aromatic rings. The van der Waals surface area contributed by atoms with Crippen molar-refractivity contribution in [2.45, 2.75) is 12.8 Å². The highest BCUT2D eigenvalue weighted by Crippen LogP contribution is 2.21. The number of anilines is 2. The molecule has 0 spiro atoms. The van der Waals surface area contributed by atoms with Crippen LogP contribution in [0.25, 0.3) is 0 Å². The van der Waals surface area contributed by atoms with Crippen molar-refractivity contribution in [3.63, 3.8) is 0 Å². The molecule has 2 aliphatic heterocycles. The summed E-state index contributed by atoms with van der Waals surface area (Å²) < 4.78 is 26.9. The van der Waals surface area contributed by atoms with Crippen LogP contribution in [0.2, 0.25) is 0 Å². The first-order chi connectivity index (χ1) is 13.1. The number of carbonyl (C=O) groups excluding carboxylic acids is 1. The average Bonchev–Trinajstić information content (AvgIpc) is 3.23. The van der Waals surface area contributed by atoms with E-state index in [1.807, 2.05) is 6.07 Å². The van der Waals surface area contributed by atoms with Gasteiger partial charge in [-0.15, -0.1) is 0 Å². The second-order valence-corrected chi connectivity index (χ2v) is 6.81. The normalized spacial score (nSPS) is 17.5. The largest absolute Gasteiger partial charge is 0.353 e. The molecule has 1 amide bonds. The summed E-state index contributed by atoms with van der Waals surface area (Å²) in [5.41, 5.74) is -0.0943. The number of hydrogen-bond donors (Lipinski definition) is 0. The van der Waals surface area contributed by atoms with Crippen molar-refractivity contribution in [1.29, 1.82) is 0 Å². The van der Waals surface area contributed by atoms with E-state index in [0.717, 1.165) is 49.8 Å². The van der Waals surface area contributed by atoms with Gasteiger partial charge in [-0.05, 0) is 31.0 Å². The zero-order valence-electron chi connectivity index (χ0n) is 14.9. The predicted octanol–water partition coefficient (Wildman–Crippen LogP) is 2.32. The Bertz CT molecular complexity index is 833. The van der Waals surface area contributed by atoms with Crippen molar-refractivity contribution in [3.8, 4) is 0 Å². The van der Waals surface area contributed by atoms with E-state index in [9.17, 15) is 13.6 Å². The number of halogens is 2. The quantitative estimate of drug-likeness (QED) is 0.827. The second kappa shape index (κ2) is 7.46. The van der Waals surface area contributed by atoms with Gasteiger partial charge in [0.15, 0.2) is 0 Å². The van der Waals surface area contributed by atoms with Crippen LogP contribution in [-0.4, -0.2) is 60.0 Å². The van der Waals surface area contributed by atoms with Crippen LogP contribution in [0.3, 0.4) is 0 Å². The van der Waals surface area contributed by atoms with Crippen molar-refractivity contribution in [3.05, 3.63) is 47.7 Å². The Balaban J connectivity index is 1.41. The maximum atomic E-state index is 13.9. The number of amides is 1. The summed E-state index contributed by atoms with van der Waals surface area (Å²) in [5, 5.41) is 0. The van der Waals surface area contributed by atoms with Crippen LogP contribution in [0.15, 0.2) is 30.5 Å². The molecule has 2 aliphatic rings. The Hall–Kier alpha value is -2.77. The Morgan fingerprint density at radius 1 is 0.926 bits per heavy atom. The minimum Gasteiger partial charge on any atom is -0.353 e. The fourth-order valence-corrected chi connectivity index (χ4v) is 3.56. The smallest absolute Gasteiger partial charge is 0.256 e. The molecule has 1 aromatic heterocycles. The van der Waals surface area contributed by atoms with Gasteiger partial charge in [0.05, 0.1) is 5.56 Å². The van der Waals surface area contributed by atoms with Gasteiger partial charge in [-0.3, -0.25) is 4.79 Å². The van der Waals surface area contributed by atoms with E-state index >= 15 is 0 Å². The van der Waals surface area contributed by atoms with Gasteiger partial charge in [-0.1, -0.05) is 0 Å². The van der Waals surface area contributed by atoms with Gasteiger partial charge in [0, 0.05) is 51.5 Å². The Morgan fingerprint density at radius 2 is 1.67 bits per heavy atom. The van der Waals surface area contributed by atoms with Crippen molar-refractivity contribution in [1.82, 2.24) is 14.9 Å². The van der Waals surface area contributed by atoms with E-state index in [1.165, 1.54) is 6.07 Å². The highest BCUT2D eigenvalue weighted by Gasteiger charge is 2.25. The Kier molecular flexibility index (Phi) is 4.87. The summed E-state index contributed by atoms with van der Waals surface area (Å²) in [6.45, 7) is 4.08. The molecule has 2 saturated heterocycles. The third-order valence-corrected chi connectivity index (χ3v) is 5.07. The Morgan fingerprint density at radius 3 is 2.37 bits per heavy atom. The van der Waals surface area contributed by atoms with Gasteiger partial charge < -0.3 is 14.7 Å². The van der Waals surface area contributed by atoms with Gasteiger partial charge in [0.25, 0.3) is 5.91 Å². The molecule has 4 rings (SSSR count). The maximum absolute atomic E-state index is 13.9. The lowest BCUT2D eigenvalue weighted by Crippen LogP contribution is -2.49. The van der Waals surface area contributed by atoms with Crippen molar-refractivity contribution >= 4 is 17.7 Å². The minimum atomic E-state index is -0.825. The standard InChI is InChI=1S/C19H21F2N5O/c20-14-3-4-15(16(21)13-14)18(27)25-11-9-24(10-12-25)17-5-6-22-19(23-17)26-7-1-2-8-26/h3-6,13H,1-2,7-12H2. The van der Waals surface area contributed by atoms with Crippen LogP contribution in [-0.2, 0) is 0 Å². The number of carbonyl (C=O) groups is 1. The molecule has 0 unspecified atom stereocenters. The predicted molar refractivity (Wildman–Crippen MR) is 98.0 cm³/mol. The summed E-state index contributed by atoms with van der Waals surface area (Å²) in [4.78, 5) is 27.4. The first-order valence-corrected chi connectivity index (χ1v) is 9.19. The highest BCUT2D eigenvalue weighted by molar-refractivity contribution is 5.94. The van der Waals surface area contributed by atoms with Crippen LogP contribution in [0.4, 0.5) is 20.5 Å². The van der Waals surface area contributed by atoms with E-state index in [0.29, 0.717) is 26.2 Å². The van der Waals surface area contributed by atoms with E-state index in [2.05, 4.69) is 19.8 Å². The molecule has 27 heavy (non-hydrogen) atoms. The highest BCUT2D eigenvalue weighted by atomic mass is 19.1. The summed E-state index contributed by atoms with van der Waals surface area (Å²) >= 11 is 0. The van der Waals surface area contributed by atoms with E-state index in [1.54, 1.807) is 11.1 Å². The van der Waals surface area contributed by atoms with Crippen molar-refractivity contribution in [2.75, 3.05) is 49.1 Å². The number of piperazine rings is 1. The molecule has 2 fully saturated rings. The van der Waals surface area contributed by atoms with Gasteiger partial charge in [0.1, 0.15) is 17.5 Å². The first kappa shape index (κ1) is 17.6. The lowest BCUT2D eigenvalue weighted by Gasteiger charge is -2.35. The van der Waals surface area contributed by atoms with E-state index < -0.39 is 17.5 Å². The molecule has 0 N–H and O–H groups in total. The topological polar surface area (TPSA) is 52.6 Å². The average molecular weight is 373 g/mol. The second-order valence-electron chi connectivity index (χ2n) is 6.81. The lowest BCUT2D eigenvalue weighted by molar-refractivity contribution is 0.0741. The molecule has 142 valence electrons. The number of nitrogens with zero attached hydrogens (tertiary/aromatic N) is 5.